The first-order valence-corrected chi connectivity index (χ1v) is 14.3. The van der Waals surface area contributed by atoms with E-state index in [1.165, 1.54) is 18.2 Å². The van der Waals surface area contributed by atoms with E-state index in [9.17, 15) is 22.8 Å². The lowest BCUT2D eigenvalue weighted by molar-refractivity contribution is -0.117. The van der Waals surface area contributed by atoms with Crippen LogP contribution in [0.2, 0.25) is 5.02 Å². The van der Waals surface area contributed by atoms with Crippen LogP contribution in [0.5, 0.6) is 0 Å². The van der Waals surface area contributed by atoms with Crippen molar-refractivity contribution in [3.05, 3.63) is 92.5 Å². The van der Waals surface area contributed by atoms with Gasteiger partial charge in [0.25, 0.3) is 21.1 Å². The highest BCUT2D eigenvalue weighted by Crippen LogP contribution is 2.32. The first kappa shape index (κ1) is 26.5. The summed E-state index contributed by atoms with van der Waals surface area (Å²) in [5.41, 5.74) is 0.0949. The first-order chi connectivity index (χ1) is 18.7. The van der Waals surface area contributed by atoms with E-state index >= 15 is 0 Å². The van der Waals surface area contributed by atoms with Gasteiger partial charge in [0.15, 0.2) is 0 Å². The summed E-state index contributed by atoms with van der Waals surface area (Å²) in [6.07, 6.45) is 2.97. The third kappa shape index (κ3) is 5.84. The summed E-state index contributed by atoms with van der Waals surface area (Å²) in [4.78, 5) is 40.0. The zero-order valence-electron chi connectivity index (χ0n) is 20.8. The first-order valence-electron chi connectivity index (χ1n) is 12.4. The van der Waals surface area contributed by atoms with Gasteiger partial charge >= 0.3 is 0 Å². The molecule has 0 atom stereocenters. The number of hydrogen-bond acceptors (Lipinski definition) is 6. The number of halogens is 1. The van der Waals surface area contributed by atoms with Crippen molar-refractivity contribution >= 4 is 55.4 Å². The molecule has 202 valence electrons. The fourth-order valence-corrected chi connectivity index (χ4v) is 6.07. The fourth-order valence-electron chi connectivity index (χ4n) is 4.63. The molecule has 0 bridgehead atoms. The number of aromatic amines is 1. The van der Waals surface area contributed by atoms with E-state index in [1.807, 2.05) is 4.90 Å². The van der Waals surface area contributed by atoms with Gasteiger partial charge in [-0.05, 0) is 73.9 Å². The summed E-state index contributed by atoms with van der Waals surface area (Å²) in [7, 11) is -4.05. The Morgan fingerprint density at radius 3 is 2.28 bits per heavy atom. The van der Waals surface area contributed by atoms with E-state index in [0.29, 0.717) is 29.5 Å². The van der Waals surface area contributed by atoms with E-state index < -0.39 is 33.6 Å². The number of piperidine rings is 1. The Kier molecular flexibility index (Phi) is 7.45. The molecule has 2 heterocycles. The van der Waals surface area contributed by atoms with Crippen LogP contribution in [-0.4, -0.2) is 37.2 Å². The summed E-state index contributed by atoms with van der Waals surface area (Å²) < 4.78 is 30.5. The lowest BCUT2D eigenvalue weighted by Gasteiger charge is -2.30. The number of benzene rings is 3. The molecule has 10 nitrogen and oxygen atoms in total. The molecular weight excluding hydrogens is 542 g/mol. The summed E-state index contributed by atoms with van der Waals surface area (Å²) in [6.45, 7) is 0.971. The molecule has 0 saturated carbocycles. The Hall–Kier alpha value is -4.09. The molecule has 1 saturated heterocycles. The number of sulfonamides is 1. The van der Waals surface area contributed by atoms with Crippen LogP contribution in [0.15, 0.2) is 81.2 Å². The summed E-state index contributed by atoms with van der Waals surface area (Å²) in [5, 5.41) is 5.97. The van der Waals surface area contributed by atoms with Gasteiger partial charge in [0.05, 0.1) is 16.5 Å². The molecule has 1 aromatic heterocycles. The van der Waals surface area contributed by atoms with E-state index in [2.05, 4.69) is 15.1 Å². The van der Waals surface area contributed by atoms with Crippen molar-refractivity contribution in [2.45, 2.75) is 30.7 Å². The number of carbonyl (C=O) groups excluding carboxylic acids is 1. The molecule has 39 heavy (non-hydrogen) atoms. The zero-order valence-corrected chi connectivity index (χ0v) is 22.4. The predicted octanol–water partition coefficient (Wildman–Crippen LogP) is 3.77. The van der Waals surface area contributed by atoms with Gasteiger partial charge in [0.1, 0.15) is 11.4 Å². The SMILES string of the molecule is O=C(Cn1[nH]c(=O)c2ccccc2c1=O)Nc1ccc(N2CCCCC2)c(S(=O)(=O)Nc2ccc(Cl)cc2)c1. The monoisotopic (exact) mass is 567 g/mol. The zero-order chi connectivity index (χ0) is 27.6. The Balaban J connectivity index is 1.44. The van der Waals surface area contributed by atoms with Crippen LogP contribution in [0.1, 0.15) is 19.3 Å². The normalized spacial score (nSPS) is 13.8. The number of nitrogens with zero attached hydrogens (tertiary/aromatic N) is 2. The predicted molar refractivity (Wildman–Crippen MR) is 152 cm³/mol. The van der Waals surface area contributed by atoms with Gasteiger partial charge in [0.2, 0.25) is 5.91 Å². The lowest BCUT2D eigenvalue weighted by atomic mass is 10.1. The highest BCUT2D eigenvalue weighted by molar-refractivity contribution is 7.92. The molecule has 3 aromatic carbocycles. The van der Waals surface area contributed by atoms with Gasteiger partial charge < -0.3 is 10.2 Å². The van der Waals surface area contributed by atoms with Gasteiger partial charge in [-0.15, -0.1) is 0 Å². The number of rotatable bonds is 7. The number of hydrogen-bond donors (Lipinski definition) is 3. The van der Waals surface area contributed by atoms with Crippen molar-refractivity contribution in [1.29, 1.82) is 0 Å². The molecule has 4 aromatic rings. The molecule has 0 aliphatic carbocycles. The minimum atomic E-state index is -4.05. The second-order valence-electron chi connectivity index (χ2n) is 9.27. The number of anilines is 3. The molecule has 0 spiro atoms. The maximum absolute atomic E-state index is 13.5. The van der Waals surface area contributed by atoms with Crippen LogP contribution < -0.4 is 26.1 Å². The van der Waals surface area contributed by atoms with E-state index in [0.717, 1.165) is 23.9 Å². The van der Waals surface area contributed by atoms with E-state index in [1.54, 1.807) is 48.5 Å². The van der Waals surface area contributed by atoms with Crippen LogP contribution in [0.3, 0.4) is 0 Å². The third-order valence-electron chi connectivity index (χ3n) is 6.51. The highest BCUT2D eigenvalue weighted by atomic mass is 35.5. The molecule has 1 aliphatic heterocycles. The van der Waals surface area contributed by atoms with Crippen LogP contribution >= 0.6 is 11.6 Å². The Morgan fingerprint density at radius 2 is 1.56 bits per heavy atom. The molecule has 12 heteroatoms. The summed E-state index contributed by atoms with van der Waals surface area (Å²) >= 11 is 5.94. The molecular formula is C27H26ClN5O5S. The van der Waals surface area contributed by atoms with Crippen molar-refractivity contribution in [3.63, 3.8) is 0 Å². The summed E-state index contributed by atoms with van der Waals surface area (Å²) in [5.74, 6) is -0.609. The quantitative estimate of drug-likeness (QED) is 0.311. The average Bonchev–Trinajstić information content (AvgIpc) is 2.93. The largest absolute Gasteiger partial charge is 0.370 e. The number of nitrogens with one attached hydrogen (secondary N) is 3. The number of amides is 1. The second-order valence-corrected chi connectivity index (χ2v) is 11.4. The molecule has 1 aliphatic rings. The van der Waals surface area contributed by atoms with Crippen LogP contribution in [0.4, 0.5) is 17.1 Å². The van der Waals surface area contributed by atoms with Gasteiger partial charge in [0, 0.05) is 29.5 Å². The Bertz CT molecular complexity index is 1760. The number of carbonyl (C=O) groups is 1. The van der Waals surface area contributed by atoms with Crippen LogP contribution in [-0.2, 0) is 21.4 Å². The maximum Gasteiger partial charge on any atom is 0.273 e. The fraction of sp³-hybridized carbons (Fsp3) is 0.222. The third-order valence-corrected chi connectivity index (χ3v) is 8.17. The van der Waals surface area contributed by atoms with Crippen LogP contribution in [0, 0.1) is 0 Å². The van der Waals surface area contributed by atoms with E-state index in [4.69, 9.17) is 11.6 Å². The standard InChI is InChI=1S/C27H26ClN5O5S/c28-18-8-10-19(11-9-18)31-39(37,38)24-16-20(12-13-23(24)32-14-4-1-5-15-32)29-25(34)17-33-27(36)22-7-3-2-6-21(22)26(35)30-33/h2-3,6-13,16,31H,1,4-5,14-15,17H2,(H,29,34)(H,30,35). The molecule has 0 unspecified atom stereocenters. The van der Waals surface area contributed by atoms with Gasteiger partial charge in [-0.25, -0.2) is 13.1 Å². The molecule has 1 fully saturated rings. The van der Waals surface area contributed by atoms with Gasteiger partial charge in [-0.1, -0.05) is 23.7 Å². The highest BCUT2D eigenvalue weighted by Gasteiger charge is 2.24. The number of aromatic nitrogens is 2. The second kappa shape index (κ2) is 11.0. The molecule has 5 rings (SSSR count). The number of H-pyrrole nitrogens is 1. The average molecular weight is 568 g/mol. The van der Waals surface area contributed by atoms with Crippen LogP contribution in [0.25, 0.3) is 10.8 Å². The Morgan fingerprint density at radius 1 is 0.897 bits per heavy atom. The van der Waals surface area contributed by atoms with Crippen molar-refractivity contribution in [3.8, 4) is 0 Å². The smallest absolute Gasteiger partial charge is 0.273 e. The van der Waals surface area contributed by atoms with Crippen molar-refractivity contribution in [2.75, 3.05) is 28.0 Å². The van der Waals surface area contributed by atoms with Crippen molar-refractivity contribution in [1.82, 2.24) is 9.78 Å². The van der Waals surface area contributed by atoms with Gasteiger partial charge in [-0.2, -0.15) is 0 Å². The topological polar surface area (TPSA) is 133 Å². The van der Waals surface area contributed by atoms with E-state index in [-0.39, 0.29) is 21.4 Å². The summed E-state index contributed by atoms with van der Waals surface area (Å²) in [6, 6.07) is 17.3. The Labute approximate surface area is 229 Å². The maximum atomic E-state index is 13.5. The lowest BCUT2D eigenvalue weighted by Crippen LogP contribution is -2.34. The minimum Gasteiger partial charge on any atom is -0.370 e. The van der Waals surface area contributed by atoms with Gasteiger partial charge in [-0.3, -0.25) is 24.2 Å². The molecule has 3 N–H and O–H groups in total. The minimum absolute atomic E-state index is 0.00780. The van der Waals surface area contributed by atoms with Crippen molar-refractivity contribution in [2.24, 2.45) is 0 Å². The molecule has 1 amide bonds. The number of fused-ring (bicyclic) bond motifs is 1. The van der Waals surface area contributed by atoms with Crippen molar-refractivity contribution < 1.29 is 13.2 Å². The molecule has 0 radical (unpaired) electrons.